The highest BCUT2D eigenvalue weighted by molar-refractivity contribution is 5.59. The molecule has 5 heterocycles. The first-order valence-electron chi connectivity index (χ1n) is 8.66. The van der Waals surface area contributed by atoms with Crippen LogP contribution in [0.5, 0.6) is 0 Å². The van der Waals surface area contributed by atoms with Gasteiger partial charge in [-0.3, -0.25) is 14.8 Å². The van der Waals surface area contributed by atoms with Gasteiger partial charge in [-0.2, -0.15) is 0 Å². The van der Waals surface area contributed by atoms with Crippen molar-refractivity contribution in [3.05, 3.63) is 35.8 Å². The molecule has 6 nitrogen and oxygen atoms in total. The molecule has 0 saturated carbocycles. The van der Waals surface area contributed by atoms with Crippen molar-refractivity contribution in [3.63, 3.8) is 0 Å². The van der Waals surface area contributed by atoms with Crippen molar-refractivity contribution in [2.45, 2.75) is 19.9 Å². The Labute approximate surface area is 142 Å². The van der Waals surface area contributed by atoms with Crippen LogP contribution in [0, 0.1) is 13.8 Å². The quantitative estimate of drug-likeness (QED) is 0.921. The van der Waals surface area contributed by atoms with Gasteiger partial charge < -0.3 is 5.32 Å². The second kappa shape index (κ2) is 6.45. The fourth-order valence-corrected chi connectivity index (χ4v) is 3.56. The molecule has 3 saturated heterocycles. The maximum Gasteiger partial charge on any atom is 0.161 e. The van der Waals surface area contributed by atoms with Gasteiger partial charge in [0.2, 0.25) is 0 Å². The van der Waals surface area contributed by atoms with Gasteiger partial charge >= 0.3 is 0 Å². The third-order valence-corrected chi connectivity index (χ3v) is 5.23. The van der Waals surface area contributed by atoms with E-state index in [4.69, 9.17) is 4.98 Å². The first-order valence-corrected chi connectivity index (χ1v) is 8.66. The smallest absolute Gasteiger partial charge is 0.161 e. The number of anilines is 1. The third-order valence-electron chi connectivity index (χ3n) is 5.23. The predicted molar refractivity (Wildman–Crippen MR) is 95.0 cm³/mol. The molecule has 2 aromatic rings. The molecule has 0 amide bonds. The van der Waals surface area contributed by atoms with Gasteiger partial charge in [0.05, 0.1) is 0 Å². The van der Waals surface area contributed by atoms with Gasteiger partial charge in [-0.25, -0.2) is 9.97 Å². The number of nitrogens with one attached hydrogen (secondary N) is 1. The van der Waals surface area contributed by atoms with Gasteiger partial charge in [0.1, 0.15) is 5.82 Å². The highest BCUT2D eigenvalue weighted by Crippen LogP contribution is 2.22. The van der Waals surface area contributed by atoms with Crippen molar-refractivity contribution in [2.75, 3.05) is 44.6 Å². The first-order chi connectivity index (χ1) is 11.7. The average molecular weight is 324 g/mol. The molecule has 3 aliphatic rings. The Balaban J connectivity index is 1.53. The Morgan fingerprint density at radius 1 is 1.08 bits per heavy atom. The van der Waals surface area contributed by atoms with E-state index in [2.05, 4.69) is 32.0 Å². The first kappa shape index (κ1) is 15.5. The number of nitrogens with zero attached hydrogens (tertiary/aromatic N) is 5. The van der Waals surface area contributed by atoms with Crippen LogP contribution in [0.25, 0.3) is 11.4 Å². The minimum atomic E-state index is 0.576. The Morgan fingerprint density at radius 3 is 2.50 bits per heavy atom. The van der Waals surface area contributed by atoms with Crippen LogP contribution in [-0.4, -0.2) is 70.1 Å². The van der Waals surface area contributed by atoms with Crippen molar-refractivity contribution in [2.24, 2.45) is 0 Å². The molecule has 1 atom stereocenters. The van der Waals surface area contributed by atoms with Crippen molar-refractivity contribution in [1.29, 1.82) is 0 Å². The van der Waals surface area contributed by atoms with E-state index in [1.807, 2.05) is 19.1 Å². The van der Waals surface area contributed by atoms with E-state index in [0.29, 0.717) is 6.04 Å². The highest BCUT2D eigenvalue weighted by Gasteiger charge is 2.31. The van der Waals surface area contributed by atoms with Crippen LogP contribution in [0.3, 0.4) is 0 Å². The lowest BCUT2D eigenvalue weighted by molar-refractivity contribution is 0.0189. The van der Waals surface area contributed by atoms with E-state index in [0.717, 1.165) is 41.6 Å². The van der Waals surface area contributed by atoms with Crippen LogP contribution in [-0.2, 0) is 0 Å². The van der Waals surface area contributed by atoms with Crippen LogP contribution in [0.4, 0.5) is 5.82 Å². The monoisotopic (exact) mass is 324 g/mol. The molecule has 0 aromatic carbocycles. The number of fused-ring (bicyclic) bond motifs is 3. The van der Waals surface area contributed by atoms with E-state index < -0.39 is 0 Å². The van der Waals surface area contributed by atoms with E-state index in [1.165, 1.54) is 26.2 Å². The standard InChI is InChI=1S/C18H24N6/c1-13-14(2)21-18(15-3-5-19-6-4-15)22-17(13)20-11-16-12-23-7-9-24(16)10-8-23/h3-6,16H,7-12H2,1-2H3,(H,20,21,22). The Bertz CT molecular complexity index is 709. The molecule has 24 heavy (non-hydrogen) atoms. The summed E-state index contributed by atoms with van der Waals surface area (Å²) in [5.41, 5.74) is 3.15. The number of aryl methyl sites for hydroxylation is 1. The van der Waals surface area contributed by atoms with Gasteiger partial charge in [-0.15, -0.1) is 0 Å². The number of hydrogen-bond donors (Lipinski definition) is 1. The number of piperazine rings is 3. The van der Waals surface area contributed by atoms with Gasteiger partial charge in [-0.05, 0) is 26.0 Å². The number of rotatable bonds is 4. The lowest BCUT2D eigenvalue weighted by Crippen LogP contribution is -2.62. The molecule has 126 valence electrons. The summed E-state index contributed by atoms with van der Waals surface area (Å²) >= 11 is 0. The molecule has 2 aromatic heterocycles. The van der Waals surface area contributed by atoms with Crippen molar-refractivity contribution >= 4 is 5.82 Å². The van der Waals surface area contributed by atoms with E-state index in [-0.39, 0.29) is 0 Å². The predicted octanol–water partition coefficient (Wildman–Crippen LogP) is 1.57. The fourth-order valence-electron chi connectivity index (χ4n) is 3.56. The molecule has 3 fully saturated rings. The van der Waals surface area contributed by atoms with Crippen LogP contribution in [0.15, 0.2) is 24.5 Å². The van der Waals surface area contributed by atoms with Gasteiger partial charge in [0, 0.05) is 74.5 Å². The third kappa shape index (κ3) is 2.99. The molecule has 0 aliphatic carbocycles. The lowest BCUT2D eigenvalue weighted by Gasteiger charge is -2.47. The largest absolute Gasteiger partial charge is 0.368 e. The summed E-state index contributed by atoms with van der Waals surface area (Å²) in [7, 11) is 0. The van der Waals surface area contributed by atoms with E-state index in [1.54, 1.807) is 12.4 Å². The molecule has 0 radical (unpaired) electrons. The summed E-state index contributed by atoms with van der Waals surface area (Å²) in [5.74, 6) is 1.71. The minimum absolute atomic E-state index is 0.576. The summed E-state index contributed by atoms with van der Waals surface area (Å²) in [6.07, 6.45) is 3.56. The summed E-state index contributed by atoms with van der Waals surface area (Å²) in [4.78, 5) is 18.6. The number of hydrogen-bond acceptors (Lipinski definition) is 6. The van der Waals surface area contributed by atoms with Crippen molar-refractivity contribution in [3.8, 4) is 11.4 Å². The second-order valence-electron chi connectivity index (χ2n) is 6.71. The zero-order valence-corrected chi connectivity index (χ0v) is 14.4. The molecule has 3 aliphatic heterocycles. The summed E-state index contributed by atoms with van der Waals surface area (Å²) < 4.78 is 0. The summed E-state index contributed by atoms with van der Waals surface area (Å²) in [5, 5.41) is 3.58. The van der Waals surface area contributed by atoms with Gasteiger partial charge in [0.15, 0.2) is 5.82 Å². The van der Waals surface area contributed by atoms with E-state index in [9.17, 15) is 0 Å². The zero-order chi connectivity index (χ0) is 16.5. The van der Waals surface area contributed by atoms with E-state index >= 15 is 0 Å². The average Bonchev–Trinajstić information content (AvgIpc) is 2.64. The maximum absolute atomic E-state index is 4.77. The Morgan fingerprint density at radius 2 is 1.83 bits per heavy atom. The SMILES string of the molecule is Cc1nc(-c2ccncc2)nc(NCC2CN3CCN2CC3)c1C. The summed E-state index contributed by atoms with van der Waals surface area (Å²) in [6.45, 7) is 11.0. The van der Waals surface area contributed by atoms with Crippen LogP contribution in [0.1, 0.15) is 11.3 Å². The van der Waals surface area contributed by atoms with Crippen molar-refractivity contribution < 1.29 is 0 Å². The lowest BCUT2D eigenvalue weighted by atomic mass is 10.1. The van der Waals surface area contributed by atoms with Crippen molar-refractivity contribution in [1.82, 2.24) is 24.8 Å². The Kier molecular flexibility index (Phi) is 4.16. The summed E-state index contributed by atoms with van der Waals surface area (Å²) in [6, 6.07) is 4.48. The van der Waals surface area contributed by atoms with Crippen LogP contribution >= 0.6 is 0 Å². The maximum atomic E-state index is 4.77. The normalized spacial score (nSPS) is 25.7. The molecular formula is C18H24N6. The number of pyridine rings is 1. The van der Waals surface area contributed by atoms with Gasteiger partial charge in [-0.1, -0.05) is 0 Å². The topological polar surface area (TPSA) is 57.2 Å². The minimum Gasteiger partial charge on any atom is -0.368 e. The molecule has 5 rings (SSSR count). The van der Waals surface area contributed by atoms with Crippen LogP contribution < -0.4 is 5.32 Å². The zero-order valence-electron chi connectivity index (χ0n) is 14.4. The fraction of sp³-hybridized carbons (Fsp3) is 0.500. The van der Waals surface area contributed by atoms with Gasteiger partial charge in [0.25, 0.3) is 0 Å². The molecule has 1 unspecified atom stereocenters. The Hall–Kier alpha value is -2.05. The molecule has 1 N–H and O–H groups in total. The molecule has 2 bridgehead atoms. The molecule has 6 heteroatoms. The molecule has 0 spiro atoms. The number of aromatic nitrogens is 3. The highest BCUT2D eigenvalue weighted by atomic mass is 15.3. The molecular weight excluding hydrogens is 300 g/mol. The second-order valence-corrected chi connectivity index (χ2v) is 6.71. The van der Waals surface area contributed by atoms with Crippen LogP contribution in [0.2, 0.25) is 0 Å².